The molecule has 172 valence electrons. The van der Waals surface area contributed by atoms with E-state index in [2.05, 4.69) is 29.0 Å². The molecule has 2 aromatic carbocycles. The Balaban J connectivity index is 1.74. The van der Waals surface area contributed by atoms with Crippen LogP contribution in [0.1, 0.15) is 51.7 Å². The molecule has 3 heterocycles. The normalized spacial score (nSPS) is 15.5. The lowest BCUT2D eigenvalue weighted by Gasteiger charge is -2.33. The number of amides is 1. The van der Waals surface area contributed by atoms with Crippen LogP contribution >= 0.6 is 11.6 Å². The molecule has 1 amide bonds. The number of rotatable bonds is 4. The Bertz CT molecular complexity index is 1390. The van der Waals surface area contributed by atoms with E-state index in [1.807, 2.05) is 68.1 Å². The minimum absolute atomic E-state index is 0.0196. The first-order valence-corrected chi connectivity index (χ1v) is 11.7. The van der Waals surface area contributed by atoms with Crippen LogP contribution in [0.2, 0.25) is 5.02 Å². The summed E-state index contributed by atoms with van der Waals surface area (Å²) >= 11 is 6.60. The molecule has 1 aliphatic rings. The number of carbonyl (C=O) groups excluding carboxylic acids is 1. The van der Waals surface area contributed by atoms with Gasteiger partial charge in [-0.05, 0) is 56.5 Å². The highest BCUT2D eigenvalue weighted by molar-refractivity contribution is 6.31. The third kappa shape index (κ3) is 3.88. The van der Waals surface area contributed by atoms with Crippen LogP contribution in [-0.4, -0.2) is 25.7 Å². The lowest BCUT2D eigenvalue weighted by molar-refractivity contribution is -0.119. The Kier molecular flexibility index (Phi) is 5.70. The van der Waals surface area contributed by atoms with E-state index < -0.39 is 0 Å². The topological polar surface area (TPSA) is 63.9 Å². The van der Waals surface area contributed by atoms with Crippen molar-refractivity contribution in [1.29, 1.82) is 0 Å². The van der Waals surface area contributed by atoms with Crippen molar-refractivity contribution in [2.45, 2.75) is 46.6 Å². The first-order chi connectivity index (χ1) is 16.3. The summed E-state index contributed by atoms with van der Waals surface area (Å²) in [5, 5.41) is 5.50. The van der Waals surface area contributed by atoms with Crippen LogP contribution in [0.4, 0.5) is 5.82 Å². The van der Waals surface area contributed by atoms with Gasteiger partial charge in [0.1, 0.15) is 5.82 Å². The van der Waals surface area contributed by atoms with Gasteiger partial charge >= 0.3 is 0 Å². The zero-order valence-electron chi connectivity index (χ0n) is 19.7. The number of benzene rings is 2. The molecule has 0 saturated carbocycles. The zero-order chi connectivity index (χ0) is 24.0. The average Bonchev–Trinajstić information content (AvgIpc) is 3.14. The quantitative estimate of drug-likeness (QED) is 0.387. The van der Waals surface area contributed by atoms with Crippen LogP contribution in [0.5, 0.6) is 0 Å². The summed E-state index contributed by atoms with van der Waals surface area (Å²) in [7, 11) is 0. The molecule has 5 rings (SSSR count). The molecular weight excluding hydrogens is 446 g/mol. The first-order valence-electron chi connectivity index (χ1n) is 11.3. The van der Waals surface area contributed by atoms with Crippen molar-refractivity contribution in [2.75, 3.05) is 4.90 Å². The molecule has 0 bridgehead atoms. The number of aromatic nitrogens is 4. The fraction of sp³-hybridized carbons (Fsp3) is 0.259. The van der Waals surface area contributed by atoms with E-state index in [0.717, 1.165) is 39.3 Å². The number of carbonyl (C=O) groups is 1. The molecule has 0 saturated heterocycles. The average molecular weight is 472 g/mol. The Morgan fingerprint density at radius 1 is 0.971 bits per heavy atom. The Hall–Kier alpha value is -3.51. The van der Waals surface area contributed by atoms with Crippen LogP contribution in [-0.2, 0) is 11.3 Å². The summed E-state index contributed by atoms with van der Waals surface area (Å²) in [4.78, 5) is 24.8. The van der Waals surface area contributed by atoms with Gasteiger partial charge in [-0.1, -0.05) is 54.1 Å². The molecule has 0 N–H and O–H groups in total. The largest absolute Gasteiger partial charge is 0.292 e. The summed E-state index contributed by atoms with van der Waals surface area (Å²) in [5.74, 6) is 1.01. The van der Waals surface area contributed by atoms with Crippen LogP contribution in [0, 0.1) is 27.7 Å². The lowest BCUT2D eigenvalue weighted by atomic mass is 9.85. The van der Waals surface area contributed by atoms with E-state index >= 15 is 0 Å². The number of halogens is 1. The number of nitrogens with zero attached hydrogens (tertiary/aromatic N) is 5. The molecule has 0 aliphatic carbocycles. The van der Waals surface area contributed by atoms with Gasteiger partial charge in [-0.15, -0.1) is 0 Å². The van der Waals surface area contributed by atoms with Crippen molar-refractivity contribution in [3.8, 4) is 5.95 Å². The van der Waals surface area contributed by atoms with E-state index in [1.165, 1.54) is 0 Å². The Morgan fingerprint density at radius 3 is 2.35 bits per heavy atom. The van der Waals surface area contributed by atoms with Gasteiger partial charge in [0.2, 0.25) is 5.91 Å². The second-order valence-corrected chi connectivity index (χ2v) is 9.28. The summed E-state index contributed by atoms with van der Waals surface area (Å²) in [6.45, 7) is 8.35. The SMILES string of the molecule is Cc1cc(C)nc(-n2nc(C)c3c2N(Cc2ccccc2C)C(=O)C[C@@H]3c2ccccc2Cl)n1. The molecule has 2 aromatic heterocycles. The molecule has 7 heteroatoms. The molecule has 34 heavy (non-hydrogen) atoms. The number of hydrogen-bond donors (Lipinski definition) is 0. The summed E-state index contributed by atoms with van der Waals surface area (Å²) in [6, 6.07) is 17.8. The van der Waals surface area contributed by atoms with Crippen LogP contribution in [0.25, 0.3) is 5.95 Å². The maximum atomic E-state index is 13.7. The predicted molar refractivity (Wildman–Crippen MR) is 134 cm³/mol. The maximum absolute atomic E-state index is 13.7. The van der Waals surface area contributed by atoms with Crippen LogP contribution in [0.3, 0.4) is 0 Å². The highest BCUT2D eigenvalue weighted by Gasteiger charge is 2.39. The summed E-state index contributed by atoms with van der Waals surface area (Å²) in [5.41, 5.74) is 6.67. The zero-order valence-corrected chi connectivity index (χ0v) is 20.5. The molecule has 1 atom stereocenters. The van der Waals surface area contributed by atoms with Crippen molar-refractivity contribution in [3.05, 3.63) is 99.0 Å². The lowest BCUT2D eigenvalue weighted by Crippen LogP contribution is -2.38. The van der Waals surface area contributed by atoms with Gasteiger partial charge in [-0.3, -0.25) is 9.69 Å². The van der Waals surface area contributed by atoms with Gasteiger partial charge < -0.3 is 0 Å². The van der Waals surface area contributed by atoms with Crippen LogP contribution < -0.4 is 4.90 Å². The van der Waals surface area contributed by atoms with Crippen molar-refractivity contribution in [2.24, 2.45) is 0 Å². The second kappa shape index (κ2) is 8.69. The van der Waals surface area contributed by atoms with Crippen molar-refractivity contribution >= 4 is 23.3 Å². The molecule has 0 fully saturated rings. The molecule has 0 spiro atoms. The molecular formula is C27H26ClN5O. The van der Waals surface area contributed by atoms with E-state index in [9.17, 15) is 4.79 Å². The van der Waals surface area contributed by atoms with Gasteiger partial charge in [-0.25, -0.2) is 9.97 Å². The van der Waals surface area contributed by atoms with E-state index in [4.69, 9.17) is 16.7 Å². The van der Waals surface area contributed by atoms with Crippen molar-refractivity contribution in [1.82, 2.24) is 19.7 Å². The molecule has 0 radical (unpaired) electrons. The molecule has 0 unspecified atom stereocenters. The van der Waals surface area contributed by atoms with Gasteiger partial charge in [0.05, 0.1) is 12.2 Å². The van der Waals surface area contributed by atoms with Gasteiger partial charge in [-0.2, -0.15) is 9.78 Å². The van der Waals surface area contributed by atoms with E-state index in [0.29, 0.717) is 29.8 Å². The fourth-order valence-electron chi connectivity index (χ4n) is 4.79. The Labute approximate surface area is 204 Å². The number of aryl methyl sites for hydroxylation is 4. The number of anilines is 1. The monoisotopic (exact) mass is 471 g/mol. The number of fused-ring (bicyclic) bond motifs is 1. The summed E-state index contributed by atoms with van der Waals surface area (Å²) < 4.78 is 1.73. The van der Waals surface area contributed by atoms with Gasteiger partial charge in [0.25, 0.3) is 5.95 Å². The second-order valence-electron chi connectivity index (χ2n) is 8.87. The van der Waals surface area contributed by atoms with E-state index in [1.54, 1.807) is 4.68 Å². The Morgan fingerprint density at radius 2 is 1.65 bits per heavy atom. The minimum atomic E-state index is -0.191. The number of hydrogen-bond acceptors (Lipinski definition) is 4. The fourth-order valence-corrected chi connectivity index (χ4v) is 5.05. The minimum Gasteiger partial charge on any atom is -0.292 e. The highest BCUT2D eigenvalue weighted by Crippen LogP contribution is 2.45. The third-order valence-electron chi connectivity index (χ3n) is 6.40. The first kappa shape index (κ1) is 22.3. The standard InChI is InChI=1S/C27H26ClN5O/c1-16-9-5-6-10-20(16)15-32-24(34)14-22(21-11-7-8-12-23(21)28)25-19(4)31-33(26(25)32)27-29-17(2)13-18(3)30-27/h5-13,22H,14-15H2,1-4H3/t22-/m1/s1. The predicted octanol–water partition coefficient (Wildman–Crippen LogP) is 5.62. The molecule has 1 aliphatic heterocycles. The smallest absolute Gasteiger partial charge is 0.252 e. The molecule has 6 nitrogen and oxygen atoms in total. The highest BCUT2D eigenvalue weighted by atomic mass is 35.5. The summed E-state index contributed by atoms with van der Waals surface area (Å²) in [6.07, 6.45) is 0.322. The molecule has 4 aromatic rings. The van der Waals surface area contributed by atoms with Crippen LogP contribution in [0.15, 0.2) is 54.6 Å². The van der Waals surface area contributed by atoms with Gasteiger partial charge in [0.15, 0.2) is 0 Å². The van der Waals surface area contributed by atoms with Gasteiger partial charge in [0, 0.05) is 34.3 Å². The van der Waals surface area contributed by atoms with Crippen molar-refractivity contribution < 1.29 is 4.79 Å². The maximum Gasteiger partial charge on any atom is 0.252 e. The van der Waals surface area contributed by atoms with E-state index in [-0.39, 0.29) is 11.8 Å². The van der Waals surface area contributed by atoms with Crippen molar-refractivity contribution in [3.63, 3.8) is 0 Å². The third-order valence-corrected chi connectivity index (χ3v) is 6.74.